The third-order valence-corrected chi connectivity index (χ3v) is 3.81. The Bertz CT molecular complexity index is 154. The predicted octanol–water partition coefficient (Wildman–Crippen LogP) is 2.89. The molecule has 0 amide bonds. The number of nitrogens with one attached hydrogen (secondary N) is 1. The van der Waals surface area contributed by atoms with Crippen molar-refractivity contribution in [2.24, 2.45) is 5.92 Å². The Morgan fingerprint density at radius 3 is 2.50 bits per heavy atom. The molecule has 2 nitrogen and oxygen atoms in total. The molecule has 1 N–H and O–H groups in total. The molecule has 0 spiro atoms. The second-order valence-corrected chi connectivity index (χ2v) is 5.34. The number of hydrogen-bond acceptors (Lipinski definition) is 2. The van der Waals surface area contributed by atoms with E-state index in [0.29, 0.717) is 0 Å². The van der Waals surface area contributed by atoms with E-state index in [9.17, 15) is 0 Å². The average Bonchev–Trinajstić information content (AvgIpc) is 2.33. The Kier molecular flexibility index (Phi) is 7.06. The van der Waals surface area contributed by atoms with Crippen LogP contribution in [0.15, 0.2) is 0 Å². The van der Waals surface area contributed by atoms with E-state index in [4.69, 9.17) is 0 Å². The van der Waals surface area contributed by atoms with E-state index >= 15 is 0 Å². The lowest BCUT2D eigenvalue weighted by Gasteiger charge is -2.38. The quantitative estimate of drug-likeness (QED) is 0.718. The van der Waals surface area contributed by atoms with Crippen molar-refractivity contribution in [3.05, 3.63) is 0 Å². The maximum absolute atomic E-state index is 3.48. The molecule has 1 saturated heterocycles. The van der Waals surface area contributed by atoms with Crippen LogP contribution in [0.25, 0.3) is 0 Å². The molecule has 1 aliphatic rings. The molecule has 0 bridgehead atoms. The van der Waals surface area contributed by atoms with Crippen molar-refractivity contribution >= 4 is 0 Å². The van der Waals surface area contributed by atoms with Gasteiger partial charge in [-0.05, 0) is 38.8 Å². The van der Waals surface area contributed by atoms with Crippen molar-refractivity contribution in [3.8, 4) is 0 Å². The molecule has 1 fully saturated rings. The van der Waals surface area contributed by atoms with Gasteiger partial charge in [0.2, 0.25) is 0 Å². The van der Waals surface area contributed by atoms with Gasteiger partial charge in [0.15, 0.2) is 0 Å². The minimum absolute atomic E-state index is 0.729. The normalized spacial score (nSPS) is 27.2. The topological polar surface area (TPSA) is 15.3 Å². The van der Waals surface area contributed by atoms with Crippen LogP contribution in [0.2, 0.25) is 0 Å². The monoisotopic (exact) mass is 226 g/mol. The van der Waals surface area contributed by atoms with Crippen molar-refractivity contribution in [2.45, 2.75) is 58.4 Å². The van der Waals surface area contributed by atoms with Crippen LogP contribution in [0.3, 0.4) is 0 Å². The zero-order valence-electron chi connectivity index (χ0n) is 11.5. The molecular formula is C14H30N2. The molecule has 0 aromatic heterocycles. The van der Waals surface area contributed by atoms with Gasteiger partial charge in [-0.1, -0.05) is 33.1 Å². The Balaban J connectivity index is 2.34. The number of rotatable bonds is 7. The number of likely N-dealkylation sites (tertiary alicyclic amines) is 1. The zero-order valence-corrected chi connectivity index (χ0v) is 11.5. The maximum atomic E-state index is 3.48. The lowest BCUT2D eigenvalue weighted by molar-refractivity contribution is 0.136. The van der Waals surface area contributed by atoms with Gasteiger partial charge in [-0.15, -0.1) is 0 Å². The van der Waals surface area contributed by atoms with E-state index in [1.54, 1.807) is 0 Å². The summed E-state index contributed by atoms with van der Waals surface area (Å²) in [5, 5.41) is 3.48. The summed E-state index contributed by atoms with van der Waals surface area (Å²) in [6.07, 6.45) is 8.24. The van der Waals surface area contributed by atoms with Gasteiger partial charge in [0, 0.05) is 19.1 Å². The summed E-state index contributed by atoms with van der Waals surface area (Å²) in [7, 11) is 2.12. The molecule has 1 aliphatic heterocycles. The first-order chi connectivity index (χ1) is 7.80. The van der Waals surface area contributed by atoms with Crippen molar-refractivity contribution in [1.29, 1.82) is 0 Å². The number of unbranched alkanes of at least 4 members (excludes halogenated alkanes) is 2. The van der Waals surface area contributed by atoms with Crippen LogP contribution in [0.1, 0.15) is 52.4 Å². The van der Waals surface area contributed by atoms with Crippen LogP contribution in [-0.2, 0) is 0 Å². The molecule has 0 aliphatic carbocycles. The molecular weight excluding hydrogens is 196 g/mol. The molecule has 1 heterocycles. The summed E-state index contributed by atoms with van der Waals surface area (Å²) >= 11 is 0. The molecule has 2 atom stereocenters. The highest BCUT2D eigenvalue weighted by molar-refractivity contribution is 4.82. The molecule has 1 rings (SSSR count). The maximum Gasteiger partial charge on any atom is 0.0195 e. The summed E-state index contributed by atoms with van der Waals surface area (Å²) in [5.41, 5.74) is 0. The highest BCUT2D eigenvalue weighted by Crippen LogP contribution is 2.22. The van der Waals surface area contributed by atoms with Crippen LogP contribution in [0, 0.1) is 5.92 Å². The molecule has 2 heteroatoms. The molecule has 2 unspecified atom stereocenters. The SMILES string of the molecule is CCCCC1CC(NC)CN(CCCC)C1. The number of nitrogens with zero attached hydrogens (tertiary/aromatic N) is 1. The van der Waals surface area contributed by atoms with Gasteiger partial charge in [0.25, 0.3) is 0 Å². The number of piperidine rings is 1. The fourth-order valence-electron chi connectivity index (χ4n) is 2.78. The minimum Gasteiger partial charge on any atom is -0.316 e. The third-order valence-electron chi connectivity index (χ3n) is 3.81. The van der Waals surface area contributed by atoms with Crippen LogP contribution < -0.4 is 5.32 Å². The molecule has 96 valence electrons. The Morgan fingerprint density at radius 2 is 1.88 bits per heavy atom. The van der Waals surface area contributed by atoms with Gasteiger partial charge in [-0.2, -0.15) is 0 Å². The lowest BCUT2D eigenvalue weighted by Crippen LogP contribution is -2.48. The fourth-order valence-corrected chi connectivity index (χ4v) is 2.78. The van der Waals surface area contributed by atoms with Crippen LogP contribution in [0.5, 0.6) is 0 Å². The third kappa shape index (κ3) is 4.84. The highest BCUT2D eigenvalue weighted by Gasteiger charge is 2.25. The van der Waals surface area contributed by atoms with Gasteiger partial charge in [-0.25, -0.2) is 0 Å². The second kappa shape index (κ2) is 8.08. The van der Waals surface area contributed by atoms with E-state index < -0.39 is 0 Å². The largest absolute Gasteiger partial charge is 0.316 e. The van der Waals surface area contributed by atoms with E-state index in [-0.39, 0.29) is 0 Å². The molecule has 0 aromatic carbocycles. The summed E-state index contributed by atoms with van der Waals surface area (Å²) < 4.78 is 0. The zero-order chi connectivity index (χ0) is 11.8. The Morgan fingerprint density at radius 1 is 1.12 bits per heavy atom. The fraction of sp³-hybridized carbons (Fsp3) is 1.00. The predicted molar refractivity (Wildman–Crippen MR) is 71.8 cm³/mol. The van der Waals surface area contributed by atoms with Crippen molar-refractivity contribution in [2.75, 3.05) is 26.7 Å². The van der Waals surface area contributed by atoms with Crippen molar-refractivity contribution in [1.82, 2.24) is 10.2 Å². The summed E-state index contributed by atoms with van der Waals surface area (Å²) in [5.74, 6) is 0.933. The smallest absolute Gasteiger partial charge is 0.0195 e. The lowest BCUT2D eigenvalue weighted by atomic mass is 9.90. The standard InChI is InChI=1S/C14H30N2/c1-4-6-8-13-10-14(15-3)12-16(11-13)9-7-5-2/h13-15H,4-12H2,1-3H3. The minimum atomic E-state index is 0.729. The number of hydrogen-bond donors (Lipinski definition) is 1. The molecule has 0 radical (unpaired) electrons. The summed E-state index contributed by atoms with van der Waals surface area (Å²) in [6.45, 7) is 8.50. The first kappa shape index (κ1) is 14.0. The van der Waals surface area contributed by atoms with Crippen LogP contribution in [0.4, 0.5) is 0 Å². The van der Waals surface area contributed by atoms with E-state index in [2.05, 4.69) is 31.1 Å². The number of likely N-dealkylation sites (N-methyl/N-ethyl adjacent to an activating group) is 1. The molecule has 0 saturated carbocycles. The van der Waals surface area contributed by atoms with Crippen molar-refractivity contribution in [3.63, 3.8) is 0 Å². The van der Waals surface area contributed by atoms with E-state index in [1.807, 2.05) is 0 Å². The first-order valence-electron chi connectivity index (χ1n) is 7.19. The Labute approximate surface area is 102 Å². The molecule has 0 aromatic rings. The summed E-state index contributed by atoms with van der Waals surface area (Å²) in [4.78, 5) is 2.68. The van der Waals surface area contributed by atoms with Crippen LogP contribution in [-0.4, -0.2) is 37.6 Å². The molecule has 16 heavy (non-hydrogen) atoms. The van der Waals surface area contributed by atoms with Gasteiger partial charge < -0.3 is 10.2 Å². The van der Waals surface area contributed by atoms with Gasteiger partial charge in [-0.3, -0.25) is 0 Å². The van der Waals surface area contributed by atoms with Crippen LogP contribution >= 0.6 is 0 Å². The van der Waals surface area contributed by atoms with E-state index in [0.717, 1.165) is 12.0 Å². The van der Waals surface area contributed by atoms with E-state index in [1.165, 1.54) is 58.2 Å². The summed E-state index contributed by atoms with van der Waals surface area (Å²) in [6, 6.07) is 0.729. The second-order valence-electron chi connectivity index (χ2n) is 5.34. The Hall–Kier alpha value is -0.0800. The van der Waals surface area contributed by atoms with Gasteiger partial charge in [0.1, 0.15) is 0 Å². The highest BCUT2D eigenvalue weighted by atomic mass is 15.2. The first-order valence-corrected chi connectivity index (χ1v) is 7.19. The van der Waals surface area contributed by atoms with Gasteiger partial charge >= 0.3 is 0 Å². The van der Waals surface area contributed by atoms with Crippen molar-refractivity contribution < 1.29 is 0 Å². The average molecular weight is 226 g/mol. The van der Waals surface area contributed by atoms with Gasteiger partial charge in [0.05, 0.1) is 0 Å².